The van der Waals surface area contributed by atoms with Gasteiger partial charge in [0.1, 0.15) is 9.88 Å². The van der Waals surface area contributed by atoms with Crippen LogP contribution < -0.4 is 9.47 Å². The predicted molar refractivity (Wildman–Crippen MR) is 90.8 cm³/mol. The van der Waals surface area contributed by atoms with Crippen LogP contribution in [0.2, 0.25) is 0 Å². The quantitative estimate of drug-likeness (QED) is 0.553. The molecule has 0 unspecified atom stereocenters. The van der Waals surface area contributed by atoms with Gasteiger partial charge >= 0.3 is 0 Å². The molecule has 8 nitrogen and oxygen atoms in total. The molecule has 0 aliphatic rings. The normalized spacial score (nSPS) is 11.1. The zero-order chi connectivity index (χ0) is 16.7. The second-order valence-electron chi connectivity index (χ2n) is 4.88. The number of benzene rings is 1. The largest absolute Gasteiger partial charge is 0.493 e. The van der Waals surface area contributed by atoms with Crippen molar-refractivity contribution in [3.05, 3.63) is 23.9 Å². The van der Waals surface area contributed by atoms with Gasteiger partial charge in [-0.05, 0) is 36.7 Å². The van der Waals surface area contributed by atoms with E-state index in [1.807, 2.05) is 25.1 Å². The molecule has 4 aromatic rings. The van der Waals surface area contributed by atoms with Gasteiger partial charge in [-0.25, -0.2) is 0 Å². The second kappa shape index (κ2) is 5.80. The highest BCUT2D eigenvalue weighted by molar-refractivity contribution is 7.19. The molecule has 0 N–H and O–H groups in total. The molecule has 0 fully saturated rings. The van der Waals surface area contributed by atoms with Gasteiger partial charge in [-0.2, -0.15) is 9.61 Å². The monoisotopic (exact) mass is 360 g/mol. The molecule has 0 radical (unpaired) electrons. The van der Waals surface area contributed by atoms with Gasteiger partial charge in [0, 0.05) is 5.56 Å². The van der Waals surface area contributed by atoms with Crippen molar-refractivity contribution in [1.29, 1.82) is 0 Å². The zero-order valence-corrected chi connectivity index (χ0v) is 14.7. The molecule has 0 aliphatic carbocycles. The van der Waals surface area contributed by atoms with Crippen LogP contribution >= 0.6 is 22.9 Å². The minimum Gasteiger partial charge on any atom is -0.493 e. The molecule has 24 heavy (non-hydrogen) atoms. The molecule has 0 bridgehead atoms. The molecule has 4 rings (SSSR count). The van der Waals surface area contributed by atoms with Gasteiger partial charge < -0.3 is 9.47 Å². The van der Waals surface area contributed by atoms with Crippen molar-refractivity contribution in [2.75, 3.05) is 14.2 Å². The van der Waals surface area contributed by atoms with Crippen molar-refractivity contribution in [2.45, 2.75) is 6.92 Å². The number of ether oxygens (including phenoxy) is 2. The Morgan fingerprint density at radius 2 is 1.88 bits per heavy atom. The topological polar surface area (TPSA) is 87.3 Å². The Labute approximate surface area is 144 Å². The molecule has 10 heteroatoms. The number of nitrogens with zero attached hydrogens (tertiary/aromatic N) is 6. The van der Waals surface area contributed by atoms with E-state index in [9.17, 15) is 0 Å². The number of aryl methyl sites for hydroxylation is 1. The molecule has 0 atom stereocenters. The summed E-state index contributed by atoms with van der Waals surface area (Å²) >= 11 is 2.73. The number of aromatic nitrogens is 6. The number of hydrogen-bond donors (Lipinski definition) is 0. The van der Waals surface area contributed by atoms with E-state index in [4.69, 9.17) is 9.47 Å². The smallest absolute Gasteiger partial charge is 0.235 e. The fourth-order valence-electron chi connectivity index (χ4n) is 2.28. The summed E-state index contributed by atoms with van der Waals surface area (Å²) in [4.78, 5) is 1.58. The summed E-state index contributed by atoms with van der Waals surface area (Å²) in [6, 6.07) is 5.69. The highest BCUT2D eigenvalue weighted by Gasteiger charge is 2.18. The standard InChI is InChI=1S/C14H12N6O2S2/c1-7-11(24-19-15-7)12-16-17-14-20(12)18-13(23-14)8-4-5-9(21-2)10(6-8)22-3/h4-6H,1-3H3. The van der Waals surface area contributed by atoms with E-state index in [1.54, 1.807) is 18.7 Å². The maximum atomic E-state index is 5.35. The van der Waals surface area contributed by atoms with Gasteiger partial charge in [0.05, 0.1) is 19.9 Å². The number of methoxy groups -OCH3 is 2. The SMILES string of the molecule is COc1ccc(-c2nn3c(-c4snnc4C)nnc3s2)cc1OC. The minimum atomic E-state index is 0.653. The number of hydrogen-bond acceptors (Lipinski definition) is 9. The fraction of sp³-hybridized carbons (Fsp3) is 0.214. The van der Waals surface area contributed by atoms with Crippen LogP contribution in [0.3, 0.4) is 0 Å². The molecular formula is C14H12N6O2S2. The van der Waals surface area contributed by atoms with Crippen molar-refractivity contribution >= 4 is 27.8 Å². The van der Waals surface area contributed by atoms with Crippen molar-refractivity contribution in [3.8, 4) is 32.8 Å². The summed E-state index contributed by atoms with van der Waals surface area (Å²) in [5.74, 6) is 1.99. The van der Waals surface area contributed by atoms with Crippen molar-refractivity contribution in [1.82, 2.24) is 29.4 Å². The average molecular weight is 360 g/mol. The third-order valence-electron chi connectivity index (χ3n) is 3.48. The van der Waals surface area contributed by atoms with Crippen molar-refractivity contribution in [3.63, 3.8) is 0 Å². The van der Waals surface area contributed by atoms with Crippen LogP contribution in [0, 0.1) is 6.92 Å². The molecule has 0 saturated heterocycles. The van der Waals surface area contributed by atoms with E-state index >= 15 is 0 Å². The first-order valence-electron chi connectivity index (χ1n) is 6.95. The molecule has 0 amide bonds. The maximum Gasteiger partial charge on any atom is 0.235 e. The second-order valence-corrected chi connectivity index (χ2v) is 6.59. The minimum absolute atomic E-state index is 0.653. The van der Waals surface area contributed by atoms with E-state index in [0.29, 0.717) is 22.3 Å². The predicted octanol–water partition coefficient (Wildman–Crippen LogP) is 2.70. The molecule has 3 heterocycles. The lowest BCUT2D eigenvalue weighted by Gasteiger charge is -2.07. The maximum absolute atomic E-state index is 5.35. The Hall–Kier alpha value is -2.59. The van der Waals surface area contributed by atoms with Crippen LogP contribution in [0.1, 0.15) is 5.69 Å². The summed E-state index contributed by atoms with van der Waals surface area (Å²) in [5.41, 5.74) is 1.74. The average Bonchev–Trinajstić information content (AvgIpc) is 3.29. The van der Waals surface area contributed by atoms with Crippen LogP contribution in [-0.2, 0) is 0 Å². The highest BCUT2D eigenvalue weighted by atomic mass is 32.1. The number of rotatable bonds is 4. The van der Waals surface area contributed by atoms with Gasteiger partial charge in [0.15, 0.2) is 17.3 Å². The van der Waals surface area contributed by atoms with Crippen LogP contribution in [0.15, 0.2) is 18.2 Å². The zero-order valence-electron chi connectivity index (χ0n) is 13.0. The highest BCUT2D eigenvalue weighted by Crippen LogP contribution is 2.35. The summed E-state index contributed by atoms with van der Waals surface area (Å²) < 4.78 is 16.3. The Bertz CT molecular complexity index is 1020. The van der Waals surface area contributed by atoms with Crippen LogP contribution in [0.4, 0.5) is 0 Å². The lowest BCUT2D eigenvalue weighted by Crippen LogP contribution is -1.92. The Morgan fingerprint density at radius 1 is 1.04 bits per heavy atom. The first kappa shape index (κ1) is 15.0. The summed E-state index contributed by atoms with van der Waals surface area (Å²) in [7, 11) is 3.22. The number of fused-ring (bicyclic) bond motifs is 1. The molecule has 122 valence electrons. The van der Waals surface area contributed by atoms with E-state index in [-0.39, 0.29) is 0 Å². The molecular weight excluding hydrogens is 348 g/mol. The van der Waals surface area contributed by atoms with Gasteiger partial charge in [-0.15, -0.1) is 15.3 Å². The van der Waals surface area contributed by atoms with Crippen LogP contribution in [0.5, 0.6) is 11.5 Å². The van der Waals surface area contributed by atoms with Gasteiger partial charge in [0.2, 0.25) is 4.96 Å². The van der Waals surface area contributed by atoms with Gasteiger partial charge in [0.25, 0.3) is 0 Å². The molecule has 1 aromatic carbocycles. The lowest BCUT2D eigenvalue weighted by atomic mass is 10.2. The van der Waals surface area contributed by atoms with Gasteiger partial charge in [-0.1, -0.05) is 15.8 Å². The summed E-state index contributed by atoms with van der Waals surface area (Å²) in [6.07, 6.45) is 0. The Balaban J connectivity index is 1.82. The molecule has 0 aliphatic heterocycles. The van der Waals surface area contributed by atoms with Crippen molar-refractivity contribution < 1.29 is 9.47 Å². The van der Waals surface area contributed by atoms with Crippen LogP contribution in [-0.4, -0.2) is 43.6 Å². The van der Waals surface area contributed by atoms with E-state index in [0.717, 1.165) is 21.1 Å². The Morgan fingerprint density at radius 3 is 2.58 bits per heavy atom. The molecule has 0 saturated carbocycles. The summed E-state index contributed by atoms with van der Waals surface area (Å²) in [5, 5.41) is 17.9. The first-order chi connectivity index (χ1) is 11.7. The van der Waals surface area contributed by atoms with E-state index < -0.39 is 0 Å². The molecule has 3 aromatic heterocycles. The van der Waals surface area contributed by atoms with Crippen LogP contribution in [0.25, 0.3) is 26.2 Å². The molecule has 0 spiro atoms. The third kappa shape index (κ3) is 2.31. The van der Waals surface area contributed by atoms with Gasteiger partial charge in [-0.3, -0.25) is 0 Å². The van der Waals surface area contributed by atoms with Crippen molar-refractivity contribution in [2.24, 2.45) is 0 Å². The fourth-order valence-corrected chi connectivity index (χ4v) is 3.74. The third-order valence-corrected chi connectivity index (χ3v) is 5.25. The van der Waals surface area contributed by atoms with E-state index in [1.165, 1.54) is 22.9 Å². The first-order valence-corrected chi connectivity index (χ1v) is 8.54. The lowest BCUT2D eigenvalue weighted by molar-refractivity contribution is 0.355. The van der Waals surface area contributed by atoms with E-state index in [2.05, 4.69) is 24.9 Å². The summed E-state index contributed by atoms with van der Waals surface area (Å²) in [6.45, 7) is 1.89. The Kier molecular flexibility index (Phi) is 3.62.